The van der Waals surface area contributed by atoms with E-state index in [9.17, 15) is 8.42 Å². The maximum atomic E-state index is 12.4. The number of fused-ring (bicyclic) bond motifs is 1. The van der Waals surface area contributed by atoms with Crippen LogP contribution < -0.4 is 4.72 Å². The van der Waals surface area contributed by atoms with Gasteiger partial charge in [-0.05, 0) is 43.6 Å². The Morgan fingerprint density at radius 1 is 1.29 bits per heavy atom. The fraction of sp³-hybridized carbons (Fsp3) is 0.167. The number of aromatic nitrogens is 4. The fourth-order valence-corrected chi connectivity index (χ4v) is 3.80. The van der Waals surface area contributed by atoms with Gasteiger partial charge in [-0.1, -0.05) is 0 Å². The number of hydrogen-bond donors (Lipinski definition) is 3. The summed E-state index contributed by atoms with van der Waals surface area (Å²) in [5.41, 5.74) is 2.65. The number of rotatable bonds is 3. The summed E-state index contributed by atoms with van der Waals surface area (Å²) in [6.45, 7) is 3.29. The number of benzene rings is 1. The third kappa shape index (κ3) is 2.47. The van der Waals surface area contributed by atoms with Gasteiger partial charge in [0.25, 0.3) is 10.0 Å². The SMILES string of the molecule is Cc1n[nH]c(C)c1S(=O)(=O)Nc1ccc2nc(Cl)[nH]c2c1. The zero-order valence-electron chi connectivity index (χ0n) is 11.2. The van der Waals surface area contributed by atoms with Gasteiger partial charge in [-0.25, -0.2) is 13.4 Å². The molecular formula is C12H12ClN5O2S. The molecule has 7 nitrogen and oxygen atoms in total. The fourth-order valence-electron chi connectivity index (χ4n) is 2.18. The molecule has 0 fully saturated rings. The van der Waals surface area contributed by atoms with Crippen molar-refractivity contribution in [3.63, 3.8) is 0 Å². The van der Waals surface area contributed by atoms with Crippen LogP contribution in [-0.2, 0) is 10.0 Å². The van der Waals surface area contributed by atoms with Gasteiger partial charge in [-0.15, -0.1) is 0 Å². The van der Waals surface area contributed by atoms with E-state index in [2.05, 4.69) is 24.9 Å². The summed E-state index contributed by atoms with van der Waals surface area (Å²) in [5, 5.41) is 6.81. The smallest absolute Gasteiger partial charge is 0.265 e. The zero-order chi connectivity index (χ0) is 15.2. The summed E-state index contributed by atoms with van der Waals surface area (Å²) in [7, 11) is -3.70. The summed E-state index contributed by atoms with van der Waals surface area (Å²) in [5.74, 6) is 0. The monoisotopic (exact) mass is 325 g/mol. The summed E-state index contributed by atoms with van der Waals surface area (Å²) in [4.78, 5) is 7.05. The number of nitrogens with one attached hydrogen (secondary N) is 3. The number of nitrogens with zero attached hydrogens (tertiary/aromatic N) is 2. The molecule has 0 saturated carbocycles. The summed E-state index contributed by atoms with van der Waals surface area (Å²) < 4.78 is 27.4. The second-order valence-electron chi connectivity index (χ2n) is 4.63. The van der Waals surface area contributed by atoms with Crippen LogP contribution in [0.3, 0.4) is 0 Å². The van der Waals surface area contributed by atoms with Gasteiger partial charge in [-0.2, -0.15) is 5.10 Å². The van der Waals surface area contributed by atoms with Crippen LogP contribution in [0.25, 0.3) is 11.0 Å². The van der Waals surface area contributed by atoms with Gasteiger partial charge in [0.2, 0.25) is 5.28 Å². The molecule has 3 aromatic rings. The lowest BCUT2D eigenvalue weighted by atomic mass is 10.3. The first-order chi connectivity index (χ1) is 9.87. The highest BCUT2D eigenvalue weighted by Gasteiger charge is 2.22. The minimum Gasteiger partial charge on any atom is -0.329 e. The van der Waals surface area contributed by atoms with Crippen molar-refractivity contribution in [1.29, 1.82) is 0 Å². The molecule has 0 saturated heterocycles. The van der Waals surface area contributed by atoms with Crippen LogP contribution in [0.15, 0.2) is 23.1 Å². The average Bonchev–Trinajstić information content (AvgIpc) is 2.90. The topological polar surface area (TPSA) is 104 Å². The number of sulfonamides is 1. The Hall–Kier alpha value is -2.06. The van der Waals surface area contributed by atoms with Crippen LogP contribution in [0.4, 0.5) is 5.69 Å². The minimum atomic E-state index is -3.70. The second-order valence-corrected chi connectivity index (χ2v) is 6.61. The Bertz CT molecular complexity index is 909. The van der Waals surface area contributed by atoms with E-state index < -0.39 is 10.0 Å². The van der Waals surface area contributed by atoms with E-state index in [0.29, 0.717) is 28.1 Å². The van der Waals surface area contributed by atoms with Gasteiger partial charge in [0.05, 0.1) is 28.1 Å². The van der Waals surface area contributed by atoms with E-state index in [0.717, 1.165) is 0 Å². The molecule has 2 heterocycles. The highest BCUT2D eigenvalue weighted by atomic mass is 35.5. The molecule has 21 heavy (non-hydrogen) atoms. The Morgan fingerprint density at radius 2 is 2.05 bits per heavy atom. The van der Waals surface area contributed by atoms with E-state index in [-0.39, 0.29) is 10.2 Å². The Kier molecular flexibility index (Phi) is 3.14. The van der Waals surface area contributed by atoms with Gasteiger partial charge in [0.15, 0.2) is 0 Å². The van der Waals surface area contributed by atoms with Gasteiger partial charge in [-0.3, -0.25) is 9.82 Å². The number of aromatic amines is 2. The quantitative estimate of drug-likeness (QED) is 0.687. The zero-order valence-corrected chi connectivity index (χ0v) is 12.8. The van der Waals surface area contributed by atoms with E-state index in [4.69, 9.17) is 11.6 Å². The average molecular weight is 326 g/mol. The molecule has 0 bridgehead atoms. The molecule has 0 unspecified atom stereocenters. The molecule has 3 rings (SSSR count). The van der Waals surface area contributed by atoms with E-state index in [1.165, 1.54) is 0 Å². The van der Waals surface area contributed by atoms with Crippen LogP contribution in [0.5, 0.6) is 0 Å². The Balaban J connectivity index is 2.01. The number of hydrogen-bond acceptors (Lipinski definition) is 4. The minimum absolute atomic E-state index is 0.158. The van der Waals surface area contributed by atoms with Crippen molar-refractivity contribution in [2.45, 2.75) is 18.7 Å². The third-order valence-corrected chi connectivity index (χ3v) is 4.86. The lowest BCUT2D eigenvalue weighted by Crippen LogP contribution is -2.14. The van der Waals surface area contributed by atoms with Crippen molar-refractivity contribution in [2.24, 2.45) is 0 Å². The predicted octanol–water partition coefficient (Wildman–Crippen LogP) is 2.36. The van der Waals surface area contributed by atoms with Crippen LogP contribution >= 0.6 is 11.6 Å². The third-order valence-electron chi connectivity index (χ3n) is 3.03. The maximum absolute atomic E-state index is 12.4. The van der Waals surface area contributed by atoms with Gasteiger partial charge in [0, 0.05) is 0 Å². The molecule has 110 valence electrons. The summed E-state index contributed by atoms with van der Waals surface area (Å²) in [6.07, 6.45) is 0. The first-order valence-electron chi connectivity index (χ1n) is 6.06. The lowest BCUT2D eigenvalue weighted by Gasteiger charge is -2.08. The highest BCUT2D eigenvalue weighted by molar-refractivity contribution is 7.92. The van der Waals surface area contributed by atoms with E-state index in [1.54, 1.807) is 32.0 Å². The summed E-state index contributed by atoms with van der Waals surface area (Å²) in [6, 6.07) is 4.95. The largest absolute Gasteiger partial charge is 0.329 e. The number of anilines is 1. The van der Waals surface area contributed by atoms with Crippen molar-refractivity contribution < 1.29 is 8.42 Å². The van der Waals surface area contributed by atoms with Gasteiger partial charge in [0.1, 0.15) is 4.90 Å². The Morgan fingerprint density at radius 3 is 2.71 bits per heavy atom. The van der Waals surface area contributed by atoms with Crippen LogP contribution in [0.2, 0.25) is 5.28 Å². The van der Waals surface area contributed by atoms with Crippen LogP contribution in [-0.4, -0.2) is 28.6 Å². The molecule has 0 aliphatic rings. The van der Waals surface area contributed by atoms with Crippen molar-refractivity contribution in [3.05, 3.63) is 34.9 Å². The molecule has 9 heteroatoms. The van der Waals surface area contributed by atoms with E-state index >= 15 is 0 Å². The maximum Gasteiger partial charge on any atom is 0.265 e. The normalized spacial score (nSPS) is 12.0. The van der Waals surface area contributed by atoms with E-state index in [1.807, 2.05) is 0 Å². The van der Waals surface area contributed by atoms with Crippen LogP contribution in [0, 0.1) is 13.8 Å². The molecular weight excluding hydrogens is 314 g/mol. The molecule has 0 spiro atoms. The van der Waals surface area contributed by atoms with Gasteiger partial charge < -0.3 is 4.98 Å². The molecule has 0 aliphatic carbocycles. The molecule has 3 N–H and O–H groups in total. The second kappa shape index (κ2) is 4.74. The molecule has 0 aliphatic heterocycles. The predicted molar refractivity (Wildman–Crippen MR) is 80.0 cm³/mol. The van der Waals surface area contributed by atoms with Crippen molar-refractivity contribution in [3.8, 4) is 0 Å². The van der Waals surface area contributed by atoms with Crippen molar-refractivity contribution in [2.75, 3.05) is 4.72 Å². The number of H-pyrrole nitrogens is 2. The van der Waals surface area contributed by atoms with Crippen LogP contribution in [0.1, 0.15) is 11.4 Å². The van der Waals surface area contributed by atoms with Crippen molar-refractivity contribution >= 4 is 38.3 Å². The molecule has 0 amide bonds. The number of aryl methyl sites for hydroxylation is 2. The lowest BCUT2D eigenvalue weighted by molar-refractivity contribution is 0.600. The molecule has 1 aromatic carbocycles. The number of imidazole rings is 1. The first kappa shape index (κ1) is 13.9. The van der Waals surface area contributed by atoms with Crippen molar-refractivity contribution in [1.82, 2.24) is 20.2 Å². The Labute approximate surface area is 125 Å². The standard InChI is InChI=1S/C12H12ClN5O2S/c1-6-11(7(2)17-16-6)21(19,20)18-8-3-4-9-10(5-8)15-12(13)14-9/h3-5,18H,1-2H3,(H,14,15)(H,16,17). The number of halogens is 1. The molecule has 0 atom stereocenters. The van der Waals surface area contributed by atoms with Gasteiger partial charge >= 0.3 is 0 Å². The molecule has 0 radical (unpaired) electrons. The highest BCUT2D eigenvalue weighted by Crippen LogP contribution is 2.23. The molecule has 2 aromatic heterocycles. The first-order valence-corrected chi connectivity index (χ1v) is 7.92. The summed E-state index contributed by atoms with van der Waals surface area (Å²) >= 11 is 5.77.